The highest BCUT2D eigenvalue weighted by atomic mass is 32.1. The number of amides is 1. The number of nitrogens with one attached hydrogen (secondary N) is 1. The van der Waals surface area contributed by atoms with Gasteiger partial charge in [-0.1, -0.05) is 18.2 Å². The van der Waals surface area contributed by atoms with Gasteiger partial charge in [-0.25, -0.2) is 4.68 Å². The maximum absolute atomic E-state index is 12.8. The van der Waals surface area contributed by atoms with Crippen LogP contribution in [0.3, 0.4) is 0 Å². The summed E-state index contributed by atoms with van der Waals surface area (Å²) in [7, 11) is 3.42. The summed E-state index contributed by atoms with van der Waals surface area (Å²) in [5, 5.41) is 11.6. The van der Waals surface area contributed by atoms with E-state index >= 15 is 0 Å². The summed E-state index contributed by atoms with van der Waals surface area (Å²) in [6, 6.07) is 17.4. The van der Waals surface area contributed by atoms with Crippen molar-refractivity contribution in [1.29, 1.82) is 0 Å². The third kappa shape index (κ3) is 4.78. The maximum Gasteiger partial charge on any atom is 0.224 e. The Morgan fingerprint density at radius 2 is 1.91 bits per heavy atom. The number of aromatic nitrogens is 5. The van der Waals surface area contributed by atoms with Gasteiger partial charge in [0.05, 0.1) is 19.0 Å². The van der Waals surface area contributed by atoms with Crippen LogP contribution in [-0.4, -0.2) is 49.5 Å². The zero-order valence-electron chi connectivity index (χ0n) is 17.9. The van der Waals surface area contributed by atoms with Crippen LogP contribution >= 0.6 is 12.2 Å². The van der Waals surface area contributed by atoms with Crippen molar-refractivity contribution in [3.8, 4) is 22.8 Å². The van der Waals surface area contributed by atoms with Crippen molar-refractivity contribution in [2.75, 3.05) is 14.2 Å². The van der Waals surface area contributed by atoms with E-state index in [2.05, 4.69) is 15.3 Å². The smallest absolute Gasteiger partial charge is 0.224 e. The lowest BCUT2D eigenvalue weighted by Crippen LogP contribution is -2.27. The van der Waals surface area contributed by atoms with E-state index in [1.165, 1.54) is 0 Å². The van der Waals surface area contributed by atoms with Gasteiger partial charge >= 0.3 is 0 Å². The zero-order chi connectivity index (χ0) is 22.5. The molecule has 0 atom stereocenters. The predicted molar refractivity (Wildman–Crippen MR) is 124 cm³/mol. The molecule has 2 aromatic carbocycles. The molecular formula is C23H24N6O2S. The minimum atomic E-state index is 0.0150. The van der Waals surface area contributed by atoms with Gasteiger partial charge in [-0.2, -0.15) is 10.2 Å². The average molecular weight is 449 g/mol. The van der Waals surface area contributed by atoms with Crippen LogP contribution in [0.4, 0.5) is 0 Å². The van der Waals surface area contributed by atoms with Crippen molar-refractivity contribution in [2.24, 2.45) is 0 Å². The normalized spacial score (nSPS) is 10.8. The van der Waals surface area contributed by atoms with Crippen molar-refractivity contribution in [3.63, 3.8) is 0 Å². The number of methoxy groups -OCH3 is 1. The van der Waals surface area contributed by atoms with Crippen LogP contribution in [0.1, 0.15) is 12.0 Å². The molecule has 0 spiro atoms. The van der Waals surface area contributed by atoms with Gasteiger partial charge in [0.15, 0.2) is 10.6 Å². The number of hydrogen-bond donors (Lipinski definition) is 1. The van der Waals surface area contributed by atoms with E-state index in [0.717, 1.165) is 22.6 Å². The average Bonchev–Trinajstić information content (AvgIpc) is 3.44. The SMILES string of the molecule is COc1ccc(-c2n[nH]c(=S)n2CCC(=O)N(C)Cc2cnn(-c3ccccc3)c2)cc1. The second-order valence-corrected chi connectivity index (χ2v) is 7.75. The van der Waals surface area contributed by atoms with Gasteiger partial charge < -0.3 is 9.64 Å². The summed E-state index contributed by atoms with van der Waals surface area (Å²) in [5.41, 5.74) is 2.84. The number of aromatic amines is 1. The lowest BCUT2D eigenvalue weighted by atomic mass is 10.2. The molecule has 0 unspecified atom stereocenters. The number of carbonyl (C=O) groups is 1. The highest BCUT2D eigenvalue weighted by Gasteiger charge is 2.14. The number of ether oxygens (including phenoxy) is 1. The Labute approximate surface area is 191 Å². The van der Waals surface area contributed by atoms with E-state index in [1.807, 2.05) is 65.4 Å². The minimum absolute atomic E-state index is 0.0150. The van der Waals surface area contributed by atoms with Crippen molar-refractivity contribution < 1.29 is 9.53 Å². The molecule has 4 rings (SSSR count). The van der Waals surface area contributed by atoms with Crippen LogP contribution in [0.2, 0.25) is 0 Å². The molecule has 9 heteroatoms. The standard InChI is InChI=1S/C23H24N6O2S/c1-27(15-17-14-24-29(16-17)19-6-4-3-5-7-19)21(30)12-13-28-22(25-26-23(28)32)18-8-10-20(31-2)11-9-18/h3-11,14,16H,12-13,15H2,1-2H3,(H,26,32). The summed E-state index contributed by atoms with van der Waals surface area (Å²) >= 11 is 5.38. The molecule has 0 saturated carbocycles. The molecule has 32 heavy (non-hydrogen) atoms. The summed E-state index contributed by atoms with van der Waals surface area (Å²) in [5.74, 6) is 1.47. The second kappa shape index (κ2) is 9.61. The van der Waals surface area contributed by atoms with E-state index in [0.29, 0.717) is 30.1 Å². The topological polar surface area (TPSA) is 81.0 Å². The second-order valence-electron chi connectivity index (χ2n) is 7.36. The van der Waals surface area contributed by atoms with Crippen LogP contribution in [0.25, 0.3) is 17.1 Å². The zero-order valence-corrected chi connectivity index (χ0v) is 18.7. The predicted octanol–water partition coefficient (Wildman–Crippen LogP) is 3.85. The summed E-state index contributed by atoms with van der Waals surface area (Å²) in [6.07, 6.45) is 4.03. The van der Waals surface area contributed by atoms with Crippen molar-refractivity contribution in [3.05, 3.63) is 77.3 Å². The summed E-state index contributed by atoms with van der Waals surface area (Å²) in [4.78, 5) is 14.5. The van der Waals surface area contributed by atoms with Crippen molar-refractivity contribution in [2.45, 2.75) is 19.5 Å². The summed E-state index contributed by atoms with van der Waals surface area (Å²) < 4.78 is 9.34. The molecule has 0 bridgehead atoms. The van der Waals surface area contributed by atoms with Crippen molar-refractivity contribution in [1.82, 2.24) is 29.4 Å². The molecule has 0 fully saturated rings. The molecule has 1 amide bonds. The van der Waals surface area contributed by atoms with Crippen LogP contribution < -0.4 is 4.74 Å². The quantitative estimate of drug-likeness (QED) is 0.414. The first kappa shape index (κ1) is 21.5. The fraction of sp³-hybridized carbons (Fsp3) is 0.217. The maximum atomic E-state index is 12.8. The molecule has 4 aromatic rings. The fourth-order valence-corrected chi connectivity index (χ4v) is 3.63. The Morgan fingerprint density at radius 1 is 1.16 bits per heavy atom. The molecule has 0 aliphatic rings. The van der Waals surface area contributed by atoms with Gasteiger partial charge in [-0.05, 0) is 48.6 Å². The molecule has 1 N–H and O–H groups in total. The fourth-order valence-electron chi connectivity index (χ4n) is 3.41. The molecule has 2 aromatic heterocycles. The Bertz CT molecular complexity index is 1240. The number of para-hydroxylation sites is 1. The Hall–Kier alpha value is -3.72. The molecule has 8 nitrogen and oxygen atoms in total. The first-order valence-corrected chi connectivity index (χ1v) is 10.6. The number of hydrogen-bond acceptors (Lipinski definition) is 5. The van der Waals surface area contributed by atoms with Crippen LogP contribution in [0.15, 0.2) is 67.0 Å². The van der Waals surface area contributed by atoms with E-state index in [4.69, 9.17) is 17.0 Å². The number of benzene rings is 2. The van der Waals surface area contributed by atoms with Crippen molar-refractivity contribution >= 4 is 18.1 Å². The van der Waals surface area contributed by atoms with Crippen LogP contribution in [0, 0.1) is 4.77 Å². The highest BCUT2D eigenvalue weighted by molar-refractivity contribution is 7.71. The Balaban J connectivity index is 1.39. The first-order valence-electron chi connectivity index (χ1n) is 10.2. The van der Waals surface area contributed by atoms with E-state index in [1.54, 1.807) is 29.9 Å². The van der Waals surface area contributed by atoms with Crippen LogP contribution in [0.5, 0.6) is 5.75 Å². The van der Waals surface area contributed by atoms with E-state index < -0.39 is 0 Å². The summed E-state index contributed by atoms with van der Waals surface area (Å²) in [6.45, 7) is 0.914. The third-order valence-corrected chi connectivity index (χ3v) is 5.47. The van der Waals surface area contributed by atoms with Crippen LogP contribution in [-0.2, 0) is 17.9 Å². The third-order valence-electron chi connectivity index (χ3n) is 5.16. The minimum Gasteiger partial charge on any atom is -0.497 e. The van der Waals surface area contributed by atoms with Gasteiger partial charge in [0, 0.05) is 43.9 Å². The number of nitrogens with zero attached hydrogens (tertiary/aromatic N) is 5. The van der Waals surface area contributed by atoms with Gasteiger partial charge in [-0.3, -0.25) is 14.5 Å². The number of H-pyrrole nitrogens is 1. The monoisotopic (exact) mass is 448 g/mol. The van der Waals surface area contributed by atoms with E-state index in [-0.39, 0.29) is 5.91 Å². The Morgan fingerprint density at radius 3 is 2.62 bits per heavy atom. The first-order chi connectivity index (χ1) is 15.5. The van der Waals surface area contributed by atoms with Gasteiger partial charge in [-0.15, -0.1) is 0 Å². The lowest BCUT2D eigenvalue weighted by molar-refractivity contribution is -0.130. The largest absolute Gasteiger partial charge is 0.497 e. The number of rotatable bonds is 8. The van der Waals surface area contributed by atoms with E-state index in [9.17, 15) is 4.79 Å². The molecule has 0 radical (unpaired) electrons. The molecule has 0 aliphatic heterocycles. The molecular weight excluding hydrogens is 424 g/mol. The lowest BCUT2D eigenvalue weighted by Gasteiger charge is -2.16. The molecule has 164 valence electrons. The van der Waals surface area contributed by atoms with Gasteiger partial charge in [0.25, 0.3) is 0 Å². The van der Waals surface area contributed by atoms with Gasteiger partial charge in [0.1, 0.15) is 5.75 Å². The molecule has 0 aliphatic carbocycles. The molecule has 0 saturated heterocycles. The molecule has 2 heterocycles. The highest BCUT2D eigenvalue weighted by Crippen LogP contribution is 2.21. The number of carbonyl (C=O) groups excluding carboxylic acids is 1. The van der Waals surface area contributed by atoms with Gasteiger partial charge in [0.2, 0.25) is 5.91 Å². The Kier molecular flexibility index (Phi) is 6.46.